The van der Waals surface area contributed by atoms with Crippen LogP contribution in [0.15, 0.2) is 18.2 Å². The van der Waals surface area contributed by atoms with Gasteiger partial charge in [-0.2, -0.15) is 0 Å². The van der Waals surface area contributed by atoms with Gasteiger partial charge in [0.2, 0.25) is 0 Å². The standard InChI is InChI=1S/C10H17/c1-3-5-7-9-10-8-6-4-2/h1,3,7,9H,4-6,8,10H2,2H3/b3-1?,9-7+. The maximum absolute atomic E-state index is 5.19. The molecule has 0 heteroatoms. The van der Waals surface area contributed by atoms with Gasteiger partial charge in [0.25, 0.3) is 0 Å². The average Bonchev–Trinajstić information content (AvgIpc) is 1.97. The van der Waals surface area contributed by atoms with E-state index in [4.69, 9.17) is 6.58 Å². The number of hydrogen-bond acceptors (Lipinski definition) is 0. The molecule has 0 unspecified atom stereocenters. The third kappa shape index (κ3) is 7.48. The van der Waals surface area contributed by atoms with Crippen LogP contribution in [0.4, 0.5) is 0 Å². The fourth-order valence-corrected chi connectivity index (χ4v) is 0.805. The second-order valence-corrected chi connectivity index (χ2v) is 2.44. The summed E-state index contributed by atoms with van der Waals surface area (Å²) in [5.74, 6) is 0. The lowest BCUT2D eigenvalue weighted by Gasteiger charge is -1.90. The molecule has 10 heavy (non-hydrogen) atoms. The summed E-state index contributed by atoms with van der Waals surface area (Å²) in [6.07, 6.45) is 12.1. The minimum absolute atomic E-state index is 0.909. The van der Waals surface area contributed by atoms with Gasteiger partial charge in [-0.1, -0.05) is 44.6 Å². The zero-order chi connectivity index (χ0) is 7.66. The molecule has 0 saturated heterocycles. The number of allylic oxidation sites excluding steroid dienone is 3. The maximum Gasteiger partial charge on any atom is -0.0166 e. The van der Waals surface area contributed by atoms with E-state index in [0.29, 0.717) is 0 Å². The van der Waals surface area contributed by atoms with Gasteiger partial charge in [-0.3, -0.25) is 0 Å². The molecule has 0 nitrogen and oxygen atoms in total. The smallest absolute Gasteiger partial charge is 0.0166 e. The second kappa shape index (κ2) is 8.48. The van der Waals surface area contributed by atoms with Crippen LogP contribution in [0.1, 0.15) is 39.0 Å². The molecule has 0 heterocycles. The molecular weight excluding hydrogens is 120 g/mol. The van der Waals surface area contributed by atoms with E-state index >= 15 is 0 Å². The van der Waals surface area contributed by atoms with Gasteiger partial charge >= 0.3 is 0 Å². The summed E-state index contributed by atoms with van der Waals surface area (Å²) in [7, 11) is 0. The minimum Gasteiger partial charge on any atom is -0.0882 e. The fraction of sp³-hybridized carbons (Fsp3) is 0.600. The van der Waals surface area contributed by atoms with Crippen LogP contribution >= 0.6 is 0 Å². The van der Waals surface area contributed by atoms with Crippen LogP contribution in [0.2, 0.25) is 0 Å². The molecule has 0 fully saturated rings. The van der Waals surface area contributed by atoms with Crippen molar-refractivity contribution >= 4 is 0 Å². The number of rotatable bonds is 6. The van der Waals surface area contributed by atoms with Gasteiger partial charge in [-0.25, -0.2) is 0 Å². The second-order valence-electron chi connectivity index (χ2n) is 2.44. The highest BCUT2D eigenvalue weighted by Gasteiger charge is 1.79. The summed E-state index contributed by atoms with van der Waals surface area (Å²) >= 11 is 0. The topological polar surface area (TPSA) is 0 Å². The Balaban J connectivity index is 2.94. The molecule has 0 N–H and O–H groups in total. The summed E-state index contributed by atoms with van der Waals surface area (Å²) in [5.41, 5.74) is 0. The lowest BCUT2D eigenvalue weighted by molar-refractivity contribution is 0.728. The molecule has 0 aliphatic rings. The normalized spacial score (nSPS) is 10.5. The first-order chi connectivity index (χ1) is 4.91. The van der Waals surface area contributed by atoms with Crippen molar-refractivity contribution in [2.75, 3.05) is 0 Å². The molecule has 0 spiro atoms. The van der Waals surface area contributed by atoms with Crippen molar-refractivity contribution in [3.8, 4) is 0 Å². The van der Waals surface area contributed by atoms with E-state index < -0.39 is 0 Å². The molecule has 0 saturated carbocycles. The summed E-state index contributed by atoms with van der Waals surface area (Å²) in [4.78, 5) is 0. The van der Waals surface area contributed by atoms with Gasteiger partial charge < -0.3 is 0 Å². The van der Waals surface area contributed by atoms with Crippen molar-refractivity contribution in [1.29, 1.82) is 0 Å². The van der Waals surface area contributed by atoms with Crippen LogP contribution in [0.3, 0.4) is 0 Å². The number of hydrogen-bond donors (Lipinski definition) is 0. The zero-order valence-corrected chi connectivity index (χ0v) is 6.84. The van der Waals surface area contributed by atoms with Crippen LogP contribution in [-0.4, -0.2) is 0 Å². The van der Waals surface area contributed by atoms with Crippen molar-refractivity contribution < 1.29 is 0 Å². The van der Waals surface area contributed by atoms with Crippen LogP contribution < -0.4 is 0 Å². The molecule has 1 radical (unpaired) electrons. The van der Waals surface area contributed by atoms with Crippen molar-refractivity contribution in [3.63, 3.8) is 0 Å². The molecule has 0 aromatic carbocycles. The van der Waals surface area contributed by atoms with Gasteiger partial charge in [-0.05, 0) is 19.3 Å². The van der Waals surface area contributed by atoms with Crippen LogP contribution in [-0.2, 0) is 0 Å². The summed E-state index contributed by atoms with van der Waals surface area (Å²) < 4.78 is 0. The third-order valence-electron chi connectivity index (χ3n) is 1.41. The van der Waals surface area contributed by atoms with Crippen molar-refractivity contribution in [3.05, 3.63) is 24.8 Å². The van der Waals surface area contributed by atoms with Gasteiger partial charge in [-0.15, -0.1) is 0 Å². The Morgan fingerprint density at radius 2 is 2.00 bits per heavy atom. The van der Waals surface area contributed by atoms with Crippen LogP contribution in [0.5, 0.6) is 0 Å². The van der Waals surface area contributed by atoms with Gasteiger partial charge in [0, 0.05) is 0 Å². The van der Waals surface area contributed by atoms with E-state index in [0.717, 1.165) is 6.42 Å². The predicted octanol–water partition coefficient (Wildman–Crippen LogP) is 3.50. The first kappa shape index (κ1) is 9.48. The summed E-state index contributed by atoms with van der Waals surface area (Å²) in [6.45, 7) is 7.41. The highest BCUT2D eigenvalue weighted by Crippen LogP contribution is 1.99. The molecule has 0 aliphatic heterocycles. The molecule has 0 aromatic rings. The van der Waals surface area contributed by atoms with Crippen molar-refractivity contribution in [2.24, 2.45) is 0 Å². The Kier molecular flexibility index (Phi) is 8.04. The van der Waals surface area contributed by atoms with E-state index in [1.807, 2.05) is 0 Å². The molecular formula is C10H17. The Labute approximate surface area is 64.6 Å². The van der Waals surface area contributed by atoms with Gasteiger partial charge in [0.1, 0.15) is 0 Å². The third-order valence-corrected chi connectivity index (χ3v) is 1.41. The zero-order valence-electron chi connectivity index (χ0n) is 6.84. The maximum atomic E-state index is 5.19. The lowest BCUT2D eigenvalue weighted by Crippen LogP contribution is -1.70. The molecule has 0 aromatic heterocycles. The SMILES string of the molecule is [CH]=CC/C=C/CCCCC. The molecule has 0 rings (SSSR count). The Bertz CT molecular complexity index is 90.2. The first-order valence-electron chi connectivity index (χ1n) is 4.10. The van der Waals surface area contributed by atoms with Gasteiger partial charge in [0.15, 0.2) is 0 Å². The van der Waals surface area contributed by atoms with E-state index in [2.05, 4.69) is 19.1 Å². The first-order valence-corrected chi connectivity index (χ1v) is 4.10. The lowest BCUT2D eigenvalue weighted by atomic mass is 10.2. The van der Waals surface area contributed by atoms with Gasteiger partial charge in [0.05, 0.1) is 0 Å². The Morgan fingerprint density at radius 1 is 1.20 bits per heavy atom. The molecule has 0 aliphatic carbocycles. The monoisotopic (exact) mass is 137 g/mol. The minimum atomic E-state index is 0.909. The number of unbranched alkanes of at least 4 members (excludes halogenated alkanes) is 3. The Morgan fingerprint density at radius 3 is 2.60 bits per heavy atom. The van der Waals surface area contributed by atoms with Crippen LogP contribution in [0.25, 0.3) is 0 Å². The quantitative estimate of drug-likeness (QED) is 0.388. The molecule has 0 atom stereocenters. The Hall–Kier alpha value is -0.520. The van der Waals surface area contributed by atoms with Crippen molar-refractivity contribution in [2.45, 2.75) is 39.0 Å². The highest BCUT2D eigenvalue weighted by molar-refractivity contribution is 4.86. The predicted molar refractivity (Wildman–Crippen MR) is 46.8 cm³/mol. The highest BCUT2D eigenvalue weighted by atomic mass is 13.9. The van der Waals surface area contributed by atoms with E-state index in [1.165, 1.54) is 25.7 Å². The fourth-order valence-electron chi connectivity index (χ4n) is 0.805. The van der Waals surface area contributed by atoms with E-state index in [1.54, 1.807) is 6.08 Å². The van der Waals surface area contributed by atoms with E-state index in [-0.39, 0.29) is 0 Å². The summed E-state index contributed by atoms with van der Waals surface area (Å²) in [6, 6.07) is 0. The van der Waals surface area contributed by atoms with E-state index in [9.17, 15) is 0 Å². The van der Waals surface area contributed by atoms with Crippen LogP contribution in [0, 0.1) is 6.58 Å². The molecule has 0 amide bonds. The molecule has 57 valence electrons. The largest absolute Gasteiger partial charge is 0.0882 e. The molecule has 0 bridgehead atoms. The average molecular weight is 137 g/mol. The van der Waals surface area contributed by atoms with Crippen molar-refractivity contribution in [1.82, 2.24) is 0 Å². The summed E-state index contributed by atoms with van der Waals surface area (Å²) in [5, 5.41) is 0.